The van der Waals surface area contributed by atoms with Gasteiger partial charge in [0.2, 0.25) is 0 Å². The fourth-order valence-electron chi connectivity index (χ4n) is 1.12. The molecule has 0 fully saturated rings. The fraction of sp³-hybridized carbons (Fsp3) is 0.333. The molecular formula is C9H14N2O2. The Morgan fingerprint density at radius 1 is 1.54 bits per heavy atom. The van der Waals surface area contributed by atoms with Crippen LogP contribution in [0.2, 0.25) is 0 Å². The van der Waals surface area contributed by atoms with E-state index < -0.39 is 6.04 Å². The molecule has 4 nitrogen and oxygen atoms in total. The Kier molecular flexibility index (Phi) is 3.11. The molecule has 0 aliphatic heterocycles. The molecule has 1 aromatic rings. The number of ether oxygens (including phenoxy) is 1. The van der Waals surface area contributed by atoms with E-state index in [9.17, 15) is 0 Å². The van der Waals surface area contributed by atoms with Gasteiger partial charge in [-0.2, -0.15) is 0 Å². The van der Waals surface area contributed by atoms with E-state index in [1.54, 1.807) is 25.3 Å². The van der Waals surface area contributed by atoms with Crippen molar-refractivity contribution in [3.05, 3.63) is 23.8 Å². The summed E-state index contributed by atoms with van der Waals surface area (Å²) in [5.41, 5.74) is 12.6. The zero-order chi connectivity index (χ0) is 9.84. The molecule has 0 saturated carbocycles. The number of nitrogens with two attached hydrogens (primary N) is 2. The van der Waals surface area contributed by atoms with E-state index in [1.165, 1.54) is 0 Å². The fourth-order valence-corrected chi connectivity index (χ4v) is 1.12. The summed E-state index contributed by atoms with van der Waals surface area (Å²) in [6.07, 6.45) is 0. The SMILES string of the molecule is COc1ccc([C@@H](N)CO)c(N)c1. The van der Waals surface area contributed by atoms with Crippen LogP contribution in [0.3, 0.4) is 0 Å². The molecule has 0 unspecified atom stereocenters. The van der Waals surface area contributed by atoms with E-state index in [-0.39, 0.29) is 6.61 Å². The van der Waals surface area contributed by atoms with Crippen LogP contribution in [-0.2, 0) is 0 Å². The standard InChI is InChI=1S/C9H14N2O2/c1-13-6-2-3-7(8(10)4-6)9(11)5-12/h2-4,9,12H,5,10-11H2,1H3/t9-/m0/s1. The molecule has 0 aromatic heterocycles. The Morgan fingerprint density at radius 3 is 2.69 bits per heavy atom. The highest BCUT2D eigenvalue weighted by Crippen LogP contribution is 2.23. The van der Waals surface area contributed by atoms with Crippen LogP contribution < -0.4 is 16.2 Å². The lowest BCUT2D eigenvalue weighted by molar-refractivity contribution is 0.268. The summed E-state index contributed by atoms with van der Waals surface area (Å²) in [6.45, 7) is -0.115. The highest BCUT2D eigenvalue weighted by molar-refractivity contribution is 5.52. The van der Waals surface area contributed by atoms with E-state index >= 15 is 0 Å². The van der Waals surface area contributed by atoms with Gasteiger partial charge in [-0.3, -0.25) is 0 Å². The molecule has 0 saturated heterocycles. The number of benzene rings is 1. The summed E-state index contributed by atoms with van der Waals surface area (Å²) < 4.78 is 4.98. The molecule has 0 bridgehead atoms. The Hall–Kier alpha value is -1.26. The molecular weight excluding hydrogens is 168 g/mol. The van der Waals surface area contributed by atoms with Crippen molar-refractivity contribution in [3.63, 3.8) is 0 Å². The summed E-state index contributed by atoms with van der Waals surface area (Å²) in [5.74, 6) is 0.686. The van der Waals surface area contributed by atoms with Crippen LogP contribution in [0.15, 0.2) is 18.2 Å². The third-order valence-electron chi connectivity index (χ3n) is 1.89. The molecule has 0 amide bonds. The van der Waals surface area contributed by atoms with Crippen molar-refractivity contribution < 1.29 is 9.84 Å². The van der Waals surface area contributed by atoms with Crippen LogP contribution in [0.25, 0.3) is 0 Å². The number of methoxy groups -OCH3 is 1. The normalized spacial score (nSPS) is 12.5. The van der Waals surface area contributed by atoms with Crippen LogP contribution in [0.1, 0.15) is 11.6 Å². The lowest BCUT2D eigenvalue weighted by atomic mass is 10.1. The Balaban J connectivity index is 2.98. The molecule has 0 heterocycles. The average molecular weight is 182 g/mol. The molecule has 1 aromatic carbocycles. The van der Waals surface area contributed by atoms with Gasteiger partial charge in [-0.15, -0.1) is 0 Å². The zero-order valence-electron chi connectivity index (χ0n) is 7.53. The van der Waals surface area contributed by atoms with E-state index in [0.717, 1.165) is 5.56 Å². The van der Waals surface area contributed by atoms with Gasteiger partial charge in [0.25, 0.3) is 0 Å². The minimum atomic E-state index is -0.425. The van der Waals surface area contributed by atoms with Gasteiger partial charge in [0.1, 0.15) is 5.75 Å². The molecule has 0 aliphatic carbocycles. The number of aliphatic hydroxyl groups excluding tert-OH is 1. The number of hydrogen-bond donors (Lipinski definition) is 3. The van der Waals surface area contributed by atoms with E-state index in [4.69, 9.17) is 21.3 Å². The van der Waals surface area contributed by atoms with Crippen LogP contribution in [0.5, 0.6) is 5.75 Å². The van der Waals surface area contributed by atoms with E-state index in [1.807, 2.05) is 0 Å². The Morgan fingerprint density at radius 2 is 2.23 bits per heavy atom. The monoisotopic (exact) mass is 182 g/mol. The molecule has 0 radical (unpaired) electrons. The predicted octanol–water partition coefficient (Wildman–Crippen LogP) is 0.269. The van der Waals surface area contributed by atoms with Crippen molar-refractivity contribution in [3.8, 4) is 5.75 Å². The van der Waals surface area contributed by atoms with Gasteiger partial charge < -0.3 is 21.3 Å². The topological polar surface area (TPSA) is 81.5 Å². The van der Waals surface area contributed by atoms with Gasteiger partial charge in [0, 0.05) is 11.8 Å². The maximum absolute atomic E-state index is 8.83. The van der Waals surface area contributed by atoms with Gasteiger partial charge >= 0.3 is 0 Å². The Labute approximate surface area is 77.1 Å². The first kappa shape index (κ1) is 9.83. The third-order valence-corrected chi connectivity index (χ3v) is 1.89. The summed E-state index contributed by atoms with van der Waals surface area (Å²) in [4.78, 5) is 0. The van der Waals surface area contributed by atoms with Crippen molar-refractivity contribution >= 4 is 5.69 Å². The smallest absolute Gasteiger partial charge is 0.120 e. The molecule has 0 spiro atoms. The number of anilines is 1. The highest BCUT2D eigenvalue weighted by atomic mass is 16.5. The van der Waals surface area contributed by atoms with Crippen molar-refractivity contribution in [2.24, 2.45) is 5.73 Å². The van der Waals surface area contributed by atoms with E-state index in [0.29, 0.717) is 11.4 Å². The van der Waals surface area contributed by atoms with Gasteiger partial charge in [0.05, 0.1) is 19.8 Å². The first-order chi connectivity index (χ1) is 6.19. The first-order valence-electron chi connectivity index (χ1n) is 3.99. The van der Waals surface area contributed by atoms with Gasteiger partial charge in [-0.25, -0.2) is 0 Å². The van der Waals surface area contributed by atoms with Crippen LogP contribution in [-0.4, -0.2) is 18.8 Å². The molecule has 4 heteroatoms. The summed E-state index contributed by atoms with van der Waals surface area (Å²) in [7, 11) is 1.57. The predicted molar refractivity (Wildman–Crippen MR) is 51.4 cm³/mol. The third kappa shape index (κ3) is 2.11. The average Bonchev–Trinajstić information content (AvgIpc) is 2.16. The summed E-state index contributed by atoms with van der Waals surface area (Å²) >= 11 is 0. The molecule has 13 heavy (non-hydrogen) atoms. The van der Waals surface area contributed by atoms with Crippen LogP contribution in [0.4, 0.5) is 5.69 Å². The number of aliphatic hydroxyl groups is 1. The van der Waals surface area contributed by atoms with Crippen LogP contribution in [0, 0.1) is 0 Å². The largest absolute Gasteiger partial charge is 0.497 e. The van der Waals surface area contributed by atoms with Crippen molar-refractivity contribution in [1.29, 1.82) is 0 Å². The van der Waals surface area contributed by atoms with Gasteiger partial charge in [0.15, 0.2) is 0 Å². The lowest BCUT2D eigenvalue weighted by Crippen LogP contribution is -2.16. The molecule has 0 aliphatic rings. The van der Waals surface area contributed by atoms with Gasteiger partial charge in [-0.1, -0.05) is 6.07 Å². The lowest BCUT2D eigenvalue weighted by Gasteiger charge is -2.12. The second kappa shape index (κ2) is 4.11. The van der Waals surface area contributed by atoms with Gasteiger partial charge in [-0.05, 0) is 11.6 Å². The second-order valence-corrected chi connectivity index (χ2v) is 2.78. The number of nitrogen functional groups attached to an aromatic ring is 1. The molecule has 72 valence electrons. The highest BCUT2D eigenvalue weighted by Gasteiger charge is 2.08. The molecule has 1 rings (SSSR count). The number of rotatable bonds is 3. The maximum Gasteiger partial charge on any atom is 0.120 e. The molecule has 1 atom stereocenters. The minimum Gasteiger partial charge on any atom is -0.497 e. The van der Waals surface area contributed by atoms with Crippen molar-refractivity contribution in [2.45, 2.75) is 6.04 Å². The van der Waals surface area contributed by atoms with Crippen LogP contribution >= 0.6 is 0 Å². The Bertz CT molecular complexity index is 289. The quantitative estimate of drug-likeness (QED) is 0.586. The summed E-state index contributed by atoms with van der Waals surface area (Å²) in [6, 6.07) is 4.78. The number of hydrogen-bond acceptors (Lipinski definition) is 4. The van der Waals surface area contributed by atoms with Crippen molar-refractivity contribution in [2.75, 3.05) is 19.5 Å². The minimum absolute atomic E-state index is 0.115. The summed E-state index contributed by atoms with van der Waals surface area (Å²) in [5, 5.41) is 8.83. The first-order valence-corrected chi connectivity index (χ1v) is 3.99. The maximum atomic E-state index is 8.83. The molecule has 5 N–H and O–H groups in total. The zero-order valence-corrected chi connectivity index (χ0v) is 7.53. The van der Waals surface area contributed by atoms with E-state index in [2.05, 4.69) is 0 Å². The second-order valence-electron chi connectivity index (χ2n) is 2.78. The van der Waals surface area contributed by atoms with Crippen molar-refractivity contribution in [1.82, 2.24) is 0 Å².